The molecule has 10 nitrogen and oxygen atoms in total. The predicted octanol–water partition coefficient (Wildman–Crippen LogP) is 3.25. The van der Waals surface area contributed by atoms with Crippen LogP contribution in [0.25, 0.3) is 17.0 Å². The standard InChI is InChI=1S/C25H35ClN6O4S/c1-18(2)37(33,34)32-12-10-30(11-13-32)24-7-9-31-17-21(27-25(31)28-24)19-15-20(26)23(35-5)16-22(19)36-14-6-8-29(3)4/h7,9,15-18H,6,8,10-14H2,1-5H3. The van der Waals surface area contributed by atoms with E-state index in [0.29, 0.717) is 60.8 Å². The maximum Gasteiger partial charge on any atom is 0.236 e. The van der Waals surface area contributed by atoms with Crippen LogP contribution in [0.4, 0.5) is 5.82 Å². The summed E-state index contributed by atoms with van der Waals surface area (Å²) in [5.74, 6) is 2.48. The summed E-state index contributed by atoms with van der Waals surface area (Å²) in [4.78, 5) is 13.7. The molecule has 4 rings (SSSR count). The molecule has 1 aliphatic heterocycles. The van der Waals surface area contributed by atoms with E-state index in [-0.39, 0.29) is 0 Å². The lowest BCUT2D eigenvalue weighted by Gasteiger charge is -2.35. The number of methoxy groups -OCH3 is 1. The van der Waals surface area contributed by atoms with Crippen molar-refractivity contribution in [3.63, 3.8) is 0 Å². The molecule has 0 spiro atoms. The highest BCUT2D eigenvalue weighted by atomic mass is 35.5. The molecule has 1 aliphatic rings. The van der Waals surface area contributed by atoms with Crippen LogP contribution in [-0.4, -0.2) is 97.8 Å². The number of imidazole rings is 1. The van der Waals surface area contributed by atoms with Crippen molar-refractivity contribution in [2.45, 2.75) is 25.5 Å². The Bertz CT molecular complexity index is 1340. The Morgan fingerprint density at radius 2 is 1.84 bits per heavy atom. The van der Waals surface area contributed by atoms with Crippen molar-refractivity contribution in [1.82, 2.24) is 23.6 Å². The van der Waals surface area contributed by atoms with Gasteiger partial charge in [0, 0.05) is 56.7 Å². The summed E-state index contributed by atoms with van der Waals surface area (Å²) < 4.78 is 39.9. The van der Waals surface area contributed by atoms with E-state index < -0.39 is 15.3 Å². The maximum atomic E-state index is 12.5. The maximum absolute atomic E-state index is 12.5. The number of halogens is 1. The van der Waals surface area contributed by atoms with E-state index in [9.17, 15) is 8.42 Å². The molecule has 0 bridgehead atoms. The first-order valence-electron chi connectivity index (χ1n) is 12.3. The molecule has 0 N–H and O–H groups in total. The molecule has 1 aromatic carbocycles. The fraction of sp³-hybridized carbons (Fsp3) is 0.520. The molecule has 12 heteroatoms. The molecule has 3 heterocycles. The van der Waals surface area contributed by atoms with E-state index >= 15 is 0 Å². The average Bonchev–Trinajstić information content (AvgIpc) is 3.30. The molecule has 0 atom stereocenters. The van der Waals surface area contributed by atoms with Crippen LogP contribution in [0.2, 0.25) is 5.02 Å². The Labute approximate surface area is 223 Å². The lowest BCUT2D eigenvalue weighted by molar-refractivity contribution is 0.281. The summed E-state index contributed by atoms with van der Waals surface area (Å²) in [7, 11) is 2.38. The zero-order valence-electron chi connectivity index (χ0n) is 22.0. The van der Waals surface area contributed by atoms with Gasteiger partial charge in [0.1, 0.15) is 17.3 Å². The molecule has 1 fully saturated rings. The first-order valence-corrected chi connectivity index (χ1v) is 14.2. The highest BCUT2D eigenvalue weighted by Crippen LogP contribution is 2.38. The lowest BCUT2D eigenvalue weighted by Crippen LogP contribution is -2.50. The van der Waals surface area contributed by atoms with Gasteiger partial charge in [-0.1, -0.05) is 11.6 Å². The number of rotatable bonds is 10. The van der Waals surface area contributed by atoms with Crippen LogP contribution in [0.3, 0.4) is 0 Å². The van der Waals surface area contributed by atoms with E-state index in [4.69, 9.17) is 31.0 Å². The van der Waals surface area contributed by atoms with Crippen LogP contribution in [0.5, 0.6) is 11.5 Å². The molecule has 0 unspecified atom stereocenters. The van der Waals surface area contributed by atoms with Gasteiger partial charge in [0.25, 0.3) is 0 Å². The van der Waals surface area contributed by atoms with Crippen molar-refractivity contribution in [2.24, 2.45) is 0 Å². The zero-order valence-corrected chi connectivity index (χ0v) is 23.6. The highest BCUT2D eigenvalue weighted by molar-refractivity contribution is 7.89. The Morgan fingerprint density at radius 1 is 1.11 bits per heavy atom. The Morgan fingerprint density at radius 3 is 2.49 bits per heavy atom. The van der Waals surface area contributed by atoms with Gasteiger partial charge >= 0.3 is 0 Å². The van der Waals surface area contributed by atoms with Crippen molar-refractivity contribution in [2.75, 3.05) is 65.4 Å². The summed E-state index contributed by atoms with van der Waals surface area (Å²) >= 11 is 6.45. The molecule has 0 aliphatic carbocycles. The Hall–Kier alpha value is -2.60. The molecular formula is C25H35ClN6O4S. The molecule has 202 valence electrons. The minimum Gasteiger partial charge on any atom is -0.495 e. The van der Waals surface area contributed by atoms with E-state index in [1.54, 1.807) is 37.4 Å². The van der Waals surface area contributed by atoms with Gasteiger partial charge in [-0.25, -0.2) is 13.4 Å². The first-order chi connectivity index (χ1) is 17.6. The highest BCUT2D eigenvalue weighted by Gasteiger charge is 2.29. The van der Waals surface area contributed by atoms with Crippen LogP contribution >= 0.6 is 11.6 Å². The minimum atomic E-state index is -3.26. The summed E-state index contributed by atoms with van der Waals surface area (Å²) in [6, 6.07) is 5.52. The predicted molar refractivity (Wildman–Crippen MR) is 146 cm³/mol. The largest absolute Gasteiger partial charge is 0.495 e. The monoisotopic (exact) mass is 550 g/mol. The minimum absolute atomic E-state index is 0.426. The number of fused-ring (bicyclic) bond motifs is 1. The molecule has 0 radical (unpaired) electrons. The van der Waals surface area contributed by atoms with Gasteiger partial charge in [0.05, 0.1) is 29.7 Å². The van der Waals surface area contributed by atoms with Crippen molar-refractivity contribution in [3.05, 3.63) is 35.6 Å². The van der Waals surface area contributed by atoms with Crippen molar-refractivity contribution in [3.8, 4) is 22.8 Å². The van der Waals surface area contributed by atoms with Gasteiger partial charge in [-0.15, -0.1) is 0 Å². The third-order valence-electron chi connectivity index (χ3n) is 6.37. The van der Waals surface area contributed by atoms with Gasteiger partial charge in [-0.2, -0.15) is 9.29 Å². The average molecular weight is 551 g/mol. The van der Waals surface area contributed by atoms with Gasteiger partial charge in [-0.3, -0.25) is 4.40 Å². The van der Waals surface area contributed by atoms with Gasteiger partial charge in [-0.05, 0) is 46.5 Å². The second-order valence-corrected chi connectivity index (χ2v) is 12.5. The number of benzene rings is 1. The number of ether oxygens (including phenoxy) is 2. The Balaban J connectivity index is 1.56. The van der Waals surface area contributed by atoms with Crippen LogP contribution in [0, 0.1) is 0 Å². The fourth-order valence-corrected chi connectivity index (χ4v) is 5.72. The third kappa shape index (κ3) is 6.11. The number of hydrogen-bond donors (Lipinski definition) is 0. The van der Waals surface area contributed by atoms with Gasteiger partial charge in [0.15, 0.2) is 0 Å². The molecular weight excluding hydrogens is 516 g/mol. The summed E-state index contributed by atoms with van der Waals surface area (Å²) in [5.41, 5.74) is 1.44. The number of hydrogen-bond acceptors (Lipinski definition) is 8. The third-order valence-corrected chi connectivity index (χ3v) is 8.94. The van der Waals surface area contributed by atoms with Crippen LogP contribution < -0.4 is 14.4 Å². The van der Waals surface area contributed by atoms with Gasteiger partial charge < -0.3 is 19.3 Å². The van der Waals surface area contributed by atoms with Crippen LogP contribution in [0.15, 0.2) is 30.6 Å². The molecule has 37 heavy (non-hydrogen) atoms. The number of nitrogens with zero attached hydrogens (tertiary/aromatic N) is 6. The topological polar surface area (TPSA) is 92.5 Å². The molecule has 0 amide bonds. The van der Waals surface area contributed by atoms with Crippen molar-refractivity contribution < 1.29 is 17.9 Å². The number of anilines is 1. The fourth-order valence-electron chi connectivity index (χ4n) is 4.21. The quantitative estimate of drug-likeness (QED) is 0.355. The van der Waals surface area contributed by atoms with E-state index in [1.807, 2.05) is 37.0 Å². The first kappa shape index (κ1) is 27.4. The van der Waals surface area contributed by atoms with Crippen LogP contribution in [-0.2, 0) is 10.0 Å². The number of aromatic nitrogens is 3. The Kier molecular flexibility index (Phi) is 8.47. The van der Waals surface area contributed by atoms with Crippen LogP contribution in [0.1, 0.15) is 20.3 Å². The van der Waals surface area contributed by atoms with Crippen molar-refractivity contribution >= 4 is 33.2 Å². The smallest absolute Gasteiger partial charge is 0.236 e. The lowest BCUT2D eigenvalue weighted by atomic mass is 10.1. The second kappa shape index (κ2) is 11.4. The van der Waals surface area contributed by atoms with Gasteiger partial charge in [0.2, 0.25) is 15.8 Å². The summed E-state index contributed by atoms with van der Waals surface area (Å²) in [6.45, 7) is 6.90. The summed E-state index contributed by atoms with van der Waals surface area (Å²) in [5, 5.41) is 0.0447. The zero-order chi connectivity index (χ0) is 26.7. The second-order valence-electron chi connectivity index (χ2n) is 9.59. The number of piperazine rings is 1. The van der Waals surface area contributed by atoms with E-state index in [0.717, 1.165) is 24.3 Å². The van der Waals surface area contributed by atoms with E-state index in [1.165, 1.54) is 0 Å². The van der Waals surface area contributed by atoms with E-state index in [2.05, 4.69) is 9.80 Å². The number of sulfonamides is 1. The normalized spacial score (nSPS) is 15.2. The van der Waals surface area contributed by atoms with Crippen molar-refractivity contribution in [1.29, 1.82) is 0 Å². The summed E-state index contributed by atoms with van der Waals surface area (Å²) in [6.07, 6.45) is 4.68. The molecule has 3 aromatic rings. The molecule has 0 saturated carbocycles. The molecule has 2 aromatic heterocycles. The SMILES string of the molecule is COc1cc(OCCCN(C)C)c(-c2cn3ccc(N4CCN(S(=O)(=O)C(C)C)CC4)nc3n2)cc1Cl. The molecule has 1 saturated heterocycles.